The molecule has 1 aliphatic rings. The summed E-state index contributed by atoms with van der Waals surface area (Å²) in [4.78, 5) is 16.7. The highest BCUT2D eigenvalue weighted by Gasteiger charge is 2.22. The molecule has 0 radical (unpaired) electrons. The predicted octanol–water partition coefficient (Wildman–Crippen LogP) is 4.00. The van der Waals surface area contributed by atoms with Crippen LogP contribution in [0.1, 0.15) is 11.1 Å². The van der Waals surface area contributed by atoms with E-state index < -0.39 is 0 Å². The van der Waals surface area contributed by atoms with Crippen molar-refractivity contribution in [2.24, 2.45) is 0 Å². The maximum Gasteiger partial charge on any atom is 0.227 e. The lowest BCUT2D eigenvalue weighted by molar-refractivity contribution is -0.130. The van der Waals surface area contributed by atoms with Crippen LogP contribution < -0.4 is 4.90 Å². The van der Waals surface area contributed by atoms with Crippen LogP contribution in [0.15, 0.2) is 60.7 Å². The number of carbonyl (C=O) groups excluding carboxylic acids is 1. The Hall–Kier alpha value is -2.92. The third kappa shape index (κ3) is 4.40. The number of carbonyl (C=O) groups is 1. The minimum atomic E-state index is 0.110. The van der Waals surface area contributed by atoms with Crippen molar-refractivity contribution in [2.45, 2.75) is 13.3 Å². The largest absolute Gasteiger partial charge is 0.352 e. The molecule has 148 valence electrons. The highest BCUT2D eigenvalue weighted by atomic mass is 35.5. The Morgan fingerprint density at radius 1 is 0.931 bits per heavy atom. The van der Waals surface area contributed by atoms with Crippen LogP contribution in [-0.4, -0.2) is 47.2 Å². The smallest absolute Gasteiger partial charge is 0.227 e. The number of halogens is 1. The van der Waals surface area contributed by atoms with E-state index in [1.54, 1.807) is 0 Å². The normalized spacial score (nSPS) is 14.1. The first kappa shape index (κ1) is 19.4. The quantitative estimate of drug-likeness (QED) is 0.657. The Bertz CT molecular complexity index is 998. The third-order valence-electron chi connectivity index (χ3n) is 5.33. The molecule has 6 heteroatoms. The number of hydrogen-bond acceptors (Lipinski definition) is 4. The van der Waals surface area contributed by atoms with Gasteiger partial charge >= 0.3 is 0 Å². The summed E-state index contributed by atoms with van der Waals surface area (Å²) in [5, 5.41) is 9.48. The van der Waals surface area contributed by atoms with Gasteiger partial charge in [0.25, 0.3) is 0 Å². The molecular formula is C23H23ClN4O. The molecule has 0 spiro atoms. The fraction of sp³-hybridized carbons (Fsp3) is 0.261. The van der Waals surface area contributed by atoms with Crippen LogP contribution in [0, 0.1) is 6.92 Å². The number of piperazine rings is 1. The van der Waals surface area contributed by atoms with Gasteiger partial charge in [0.1, 0.15) is 0 Å². The van der Waals surface area contributed by atoms with Crippen molar-refractivity contribution >= 4 is 23.3 Å². The van der Waals surface area contributed by atoms with E-state index in [1.165, 1.54) is 5.56 Å². The SMILES string of the molecule is Cc1ccccc1-c1ccc(N2CCN(C(=O)Cc3ccccc3Cl)CC2)nn1. The Kier molecular flexibility index (Phi) is 5.76. The summed E-state index contributed by atoms with van der Waals surface area (Å²) in [6, 6.07) is 19.7. The molecule has 1 aromatic heterocycles. The number of rotatable bonds is 4. The summed E-state index contributed by atoms with van der Waals surface area (Å²) in [5.74, 6) is 0.958. The fourth-order valence-corrected chi connectivity index (χ4v) is 3.80. The van der Waals surface area contributed by atoms with E-state index in [0.717, 1.165) is 35.7 Å². The maximum absolute atomic E-state index is 12.6. The van der Waals surface area contributed by atoms with Gasteiger partial charge in [-0.05, 0) is 36.2 Å². The van der Waals surface area contributed by atoms with Crippen LogP contribution in [0.25, 0.3) is 11.3 Å². The lowest BCUT2D eigenvalue weighted by atomic mass is 10.1. The molecule has 0 aliphatic carbocycles. The number of anilines is 1. The van der Waals surface area contributed by atoms with Gasteiger partial charge in [-0.15, -0.1) is 10.2 Å². The van der Waals surface area contributed by atoms with Crippen molar-refractivity contribution in [1.82, 2.24) is 15.1 Å². The van der Waals surface area contributed by atoms with Crippen molar-refractivity contribution in [3.63, 3.8) is 0 Å². The highest BCUT2D eigenvalue weighted by molar-refractivity contribution is 6.31. The predicted molar refractivity (Wildman–Crippen MR) is 116 cm³/mol. The second-order valence-electron chi connectivity index (χ2n) is 7.23. The summed E-state index contributed by atoms with van der Waals surface area (Å²) in [6.45, 7) is 4.90. The Morgan fingerprint density at radius 2 is 1.66 bits per heavy atom. The average Bonchev–Trinajstić information content (AvgIpc) is 2.76. The first-order valence-electron chi connectivity index (χ1n) is 9.77. The van der Waals surface area contributed by atoms with Crippen molar-refractivity contribution in [2.75, 3.05) is 31.1 Å². The lowest BCUT2D eigenvalue weighted by Crippen LogP contribution is -2.49. The van der Waals surface area contributed by atoms with E-state index >= 15 is 0 Å². The first-order valence-corrected chi connectivity index (χ1v) is 10.2. The third-order valence-corrected chi connectivity index (χ3v) is 5.70. The molecular weight excluding hydrogens is 384 g/mol. The van der Waals surface area contributed by atoms with Gasteiger partial charge in [0, 0.05) is 36.8 Å². The molecule has 1 aliphatic heterocycles. The molecule has 1 fully saturated rings. The topological polar surface area (TPSA) is 49.3 Å². The zero-order valence-corrected chi connectivity index (χ0v) is 17.1. The molecule has 1 saturated heterocycles. The van der Waals surface area contributed by atoms with E-state index in [-0.39, 0.29) is 5.91 Å². The minimum Gasteiger partial charge on any atom is -0.352 e. The van der Waals surface area contributed by atoms with Gasteiger partial charge < -0.3 is 9.80 Å². The second-order valence-corrected chi connectivity index (χ2v) is 7.63. The van der Waals surface area contributed by atoms with Crippen molar-refractivity contribution < 1.29 is 4.79 Å². The molecule has 2 heterocycles. The van der Waals surface area contributed by atoms with E-state index in [1.807, 2.05) is 53.4 Å². The average molecular weight is 407 g/mol. The van der Waals surface area contributed by atoms with Crippen molar-refractivity contribution in [1.29, 1.82) is 0 Å². The minimum absolute atomic E-state index is 0.110. The molecule has 0 bridgehead atoms. The molecule has 0 unspecified atom stereocenters. The summed E-state index contributed by atoms with van der Waals surface area (Å²) in [7, 11) is 0. The molecule has 0 saturated carbocycles. The number of amides is 1. The zero-order valence-electron chi connectivity index (χ0n) is 16.4. The van der Waals surface area contributed by atoms with Crippen molar-refractivity contribution in [3.05, 3.63) is 76.8 Å². The van der Waals surface area contributed by atoms with E-state index in [4.69, 9.17) is 11.6 Å². The molecule has 3 aromatic rings. The summed E-state index contributed by atoms with van der Waals surface area (Å²) in [5.41, 5.74) is 4.03. The Morgan fingerprint density at radius 3 is 2.34 bits per heavy atom. The maximum atomic E-state index is 12.6. The number of aromatic nitrogens is 2. The summed E-state index contributed by atoms with van der Waals surface area (Å²) < 4.78 is 0. The van der Waals surface area contributed by atoms with Crippen LogP contribution in [-0.2, 0) is 11.2 Å². The monoisotopic (exact) mass is 406 g/mol. The molecule has 0 atom stereocenters. The highest BCUT2D eigenvalue weighted by Crippen LogP contribution is 2.22. The molecule has 5 nitrogen and oxygen atoms in total. The molecule has 29 heavy (non-hydrogen) atoms. The number of benzene rings is 2. The van der Waals surface area contributed by atoms with Crippen LogP contribution in [0.4, 0.5) is 5.82 Å². The van der Waals surface area contributed by atoms with Gasteiger partial charge in [0.05, 0.1) is 12.1 Å². The second kappa shape index (κ2) is 8.62. The number of nitrogens with zero attached hydrogens (tertiary/aromatic N) is 4. The number of hydrogen-bond donors (Lipinski definition) is 0. The Balaban J connectivity index is 1.36. The molecule has 2 aromatic carbocycles. The standard InChI is InChI=1S/C23H23ClN4O/c1-17-6-2-4-8-19(17)21-10-11-22(26-25-21)27-12-14-28(15-13-27)23(29)16-18-7-3-5-9-20(18)24/h2-11H,12-16H2,1H3. The van der Waals surface area contributed by atoms with Gasteiger partial charge in [0.2, 0.25) is 5.91 Å². The van der Waals surface area contributed by atoms with Crippen LogP contribution in [0.2, 0.25) is 5.02 Å². The zero-order chi connectivity index (χ0) is 20.2. The van der Waals surface area contributed by atoms with Crippen LogP contribution in [0.3, 0.4) is 0 Å². The van der Waals surface area contributed by atoms with Gasteiger partial charge in [-0.25, -0.2) is 0 Å². The van der Waals surface area contributed by atoms with Gasteiger partial charge in [-0.2, -0.15) is 0 Å². The molecule has 4 rings (SSSR count). The first-order chi connectivity index (χ1) is 14.1. The lowest BCUT2D eigenvalue weighted by Gasteiger charge is -2.35. The fourth-order valence-electron chi connectivity index (χ4n) is 3.60. The van der Waals surface area contributed by atoms with Gasteiger partial charge in [-0.1, -0.05) is 54.1 Å². The van der Waals surface area contributed by atoms with Gasteiger partial charge in [-0.3, -0.25) is 4.79 Å². The summed E-state index contributed by atoms with van der Waals surface area (Å²) >= 11 is 6.18. The molecule has 1 amide bonds. The Labute approximate surface area is 175 Å². The summed E-state index contributed by atoms with van der Waals surface area (Å²) in [6.07, 6.45) is 0.338. The van der Waals surface area contributed by atoms with Crippen LogP contribution in [0.5, 0.6) is 0 Å². The molecule has 0 N–H and O–H groups in total. The van der Waals surface area contributed by atoms with E-state index in [2.05, 4.69) is 34.2 Å². The van der Waals surface area contributed by atoms with E-state index in [0.29, 0.717) is 24.5 Å². The van der Waals surface area contributed by atoms with E-state index in [9.17, 15) is 4.79 Å². The van der Waals surface area contributed by atoms with Crippen molar-refractivity contribution in [3.8, 4) is 11.3 Å². The van der Waals surface area contributed by atoms with Crippen LogP contribution >= 0.6 is 11.6 Å². The van der Waals surface area contributed by atoms with Gasteiger partial charge in [0.15, 0.2) is 5.82 Å². The number of aryl methyl sites for hydroxylation is 1.